The highest BCUT2D eigenvalue weighted by Crippen LogP contribution is 2.25. The van der Waals surface area contributed by atoms with Crippen molar-refractivity contribution in [3.8, 4) is 0 Å². The number of halogens is 1. The third-order valence-corrected chi connectivity index (χ3v) is 3.36. The molecule has 1 atom stereocenters. The van der Waals surface area contributed by atoms with E-state index in [2.05, 4.69) is 5.32 Å². The Morgan fingerprint density at radius 3 is 2.54 bits per heavy atom. The Morgan fingerprint density at radius 2 is 1.92 bits per heavy atom. The quantitative estimate of drug-likeness (QED) is 0.514. The van der Waals surface area contributed by atoms with E-state index in [0.717, 1.165) is 0 Å². The van der Waals surface area contributed by atoms with Crippen LogP contribution in [0.5, 0.6) is 0 Å². The van der Waals surface area contributed by atoms with E-state index in [4.69, 9.17) is 25.8 Å². The van der Waals surface area contributed by atoms with Gasteiger partial charge in [0.2, 0.25) is 5.91 Å². The van der Waals surface area contributed by atoms with Crippen LogP contribution in [0.2, 0.25) is 5.02 Å². The molecule has 0 aliphatic heterocycles. The Bertz CT molecular complexity index is 535. The van der Waals surface area contributed by atoms with Gasteiger partial charge in [0, 0.05) is 12.1 Å². The number of carbonyl (C=O) groups excluding carboxylic acids is 2. The van der Waals surface area contributed by atoms with Gasteiger partial charge in [-0.1, -0.05) is 29.8 Å². The van der Waals surface area contributed by atoms with Crippen molar-refractivity contribution in [3.05, 3.63) is 34.9 Å². The van der Waals surface area contributed by atoms with Crippen LogP contribution in [-0.2, 0) is 23.8 Å². The lowest BCUT2D eigenvalue weighted by atomic mass is 10.0. The van der Waals surface area contributed by atoms with Gasteiger partial charge in [0.25, 0.3) is 0 Å². The molecule has 0 saturated heterocycles. The molecule has 0 aliphatic rings. The van der Waals surface area contributed by atoms with Gasteiger partial charge in [-0.2, -0.15) is 0 Å². The van der Waals surface area contributed by atoms with Crippen molar-refractivity contribution in [1.82, 2.24) is 5.32 Å². The number of methoxy groups -OCH3 is 1. The molecular formula is C17H24ClNO5. The lowest BCUT2D eigenvalue weighted by Gasteiger charge is -2.20. The topological polar surface area (TPSA) is 73.9 Å². The van der Waals surface area contributed by atoms with E-state index < -0.39 is 12.0 Å². The summed E-state index contributed by atoms with van der Waals surface area (Å²) < 4.78 is 15.2. The van der Waals surface area contributed by atoms with Crippen molar-refractivity contribution >= 4 is 23.5 Å². The zero-order valence-electron chi connectivity index (χ0n) is 14.2. The third kappa shape index (κ3) is 7.77. The molecule has 0 spiro atoms. The van der Waals surface area contributed by atoms with Crippen molar-refractivity contribution in [3.63, 3.8) is 0 Å². The molecule has 7 heteroatoms. The summed E-state index contributed by atoms with van der Waals surface area (Å²) in [5.74, 6) is -0.746. The summed E-state index contributed by atoms with van der Waals surface area (Å²) >= 11 is 6.19. The summed E-state index contributed by atoms with van der Waals surface area (Å²) in [5.41, 5.74) is 0.658. The van der Waals surface area contributed by atoms with Gasteiger partial charge in [0.1, 0.15) is 6.61 Å². The lowest BCUT2D eigenvalue weighted by molar-refractivity contribution is -0.148. The van der Waals surface area contributed by atoms with E-state index in [-0.39, 0.29) is 25.0 Å². The number of amides is 1. The van der Waals surface area contributed by atoms with E-state index in [1.165, 1.54) is 0 Å². The summed E-state index contributed by atoms with van der Waals surface area (Å²) in [4.78, 5) is 24.0. The van der Waals surface area contributed by atoms with Crippen LogP contribution < -0.4 is 5.32 Å². The molecule has 24 heavy (non-hydrogen) atoms. The number of ether oxygens (including phenoxy) is 3. The van der Waals surface area contributed by atoms with Crippen LogP contribution in [0, 0.1) is 0 Å². The highest BCUT2D eigenvalue weighted by Gasteiger charge is 2.22. The molecular weight excluding hydrogens is 334 g/mol. The monoisotopic (exact) mass is 357 g/mol. The first-order valence-electron chi connectivity index (χ1n) is 7.74. The molecule has 6 nitrogen and oxygen atoms in total. The molecule has 1 N–H and O–H groups in total. The largest absolute Gasteiger partial charge is 0.463 e. The summed E-state index contributed by atoms with van der Waals surface area (Å²) in [6.45, 7) is 4.14. The first kappa shape index (κ1) is 20.4. The normalized spacial score (nSPS) is 12.0. The minimum atomic E-state index is -0.580. The maximum Gasteiger partial charge on any atom is 0.308 e. The van der Waals surface area contributed by atoms with Crippen LogP contribution in [0.25, 0.3) is 0 Å². The van der Waals surface area contributed by atoms with Crippen molar-refractivity contribution in [2.75, 3.05) is 26.9 Å². The van der Waals surface area contributed by atoms with Gasteiger partial charge in [0.15, 0.2) is 0 Å². The van der Waals surface area contributed by atoms with Crippen LogP contribution in [0.3, 0.4) is 0 Å². The van der Waals surface area contributed by atoms with Gasteiger partial charge in [-0.15, -0.1) is 0 Å². The third-order valence-electron chi connectivity index (χ3n) is 3.02. The molecule has 0 aromatic heterocycles. The molecule has 1 rings (SSSR count). The number of esters is 1. The van der Waals surface area contributed by atoms with Crippen LogP contribution in [0.4, 0.5) is 0 Å². The van der Waals surface area contributed by atoms with Crippen molar-refractivity contribution in [1.29, 1.82) is 0 Å². The second-order valence-corrected chi connectivity index (χ2v) is 5.84. The number of benzene rings is 1. The number of carbonyl (C=O) groups is 2. The van der Waals surface area contributed by atoms with E-state index in [1.807, 2.05) is 0 Å². The summed E-state index contributed by atoms with van der Waals surface area (Å²) in [7, 11) is 1.55. The van der Waals surface area contributed by atoms with Crippen LogP contribution in [0.15, 0.2) is 24.3 Å². The second kappa shape index (κ2) is 11.0. The predicted octanol–water partition coefficient (Wildman–Crippen LogP) is 2.50. The van der Waals surface area contributed by atoms with E-state index in [0.29, 0.717) is 23.8 Å². The maximum atomic E-state index is 12.0. The summed E-state index contributed by atoms with van der Waals surface area (Å²) in [6, 6.07) is 6.47. The minimum Gasteiger partial charge on any atom is -0.463 e. The first-order chi connectivity index (χ1) is 11.4. The number of rotatable bonds is 10. The SMILES string of the molecule is COCCOCC(=O)NC(CC(=O)OC(C)C)c1ccccc1Cl. The zero-order valence-corrected chi connectivity index (χ0v) is 15.0. The Kier molecular flexibility index (Phi) is 9.37. The smallest absolute Gasteiger partial charge is 0.308 e. The Hall–Kier alpha value is -1.63. The van der Waals surface area contributed by atoms with Crippen molar-refractivity contribution in [2.24, 2.45) is 0 Å². The predicted molar refractivity (Wildman–Crippen MR) is 90.9 cm³/mol. The van der Waals surface area contributed by atoms with Crippen molar-refractivity contribution < 1.29 is 23.8 Å². The molecule has 1 unspecified atom stereocenters. The minimum absolute atomic E-state index is 0.00821. The first-order valence-corrected chi connectivity index (χ1v) is 8.11. The molecule has 1 aromatic rings. The highest BCUT2D eigenvalue weighted by atomic mass is 35.5. The molecule has 0 aliphatic carbocycles. The molecule has 0 saturated carbocycles. The fraction of sp³-hybridized carbons (Fsp3) is 0.529. The van der Waals surface area contributed by atoms with Gasteiger partial charge in [-0.05, 0) is 25.5 Å². The Morgan fingerprint density at radius 1 is 1.21 bits per heavy atom. The zero-order chi connectivity index (χ0) is 17.9. The number of hydrogen-bond acceptors (Lipinski definition) is 5. The van der Waals surface area contributed by atoms with Crippen molar-refractivity contribution in [2.45, 2.75) is 32.4 Å². The molecule has 0 heterocycles. The molecule has 0 radical (unpaired) electrons. The van der Waals surface area contributed by atoms with E-state index >= 15 is 0 Å². The van der Waals surface area contributed by atoms with Crippen LogP contribution in [0.1, 0.15) is 31.9 Å². The fourth-order valence-corrected chi connectivity index (χ4v) is 2.28. The number of nitrogens with one attached hydrogen (secondary N) is 1. The maximum absolute atomic E-state index is 12.0. The standard InChI is InChI=1S/C17H24ClNO5/c1-12(2)24-17(21)10-15(13-6-4-5-7-14(13)18)19-16(20)11-23-9-8-22-3/h4-7,12,15H,8-11H2,1-3H3,(H,19,20). The summed E-state index contributed by atoms with van der Waals surface area (Å²) in [5, 5.41) is 3.24. The van der Waals surface area contributed by atoms with E-state index in [1.54, 1.807) is 45.2 Å². The fourth-order valence-electron chi connectivity index (χ4n) is 2.02. The molecule has 0 bridgehead atoms. The van der Waals surface area contributed by atoms with E-state index in [9.17, 15) is 9.59 Å². The van der Waals surface area contributed by atoms with Crippen LogP contribution >= 0.6 is 11.6 Å². The highest BCUT2D eigenvalue weighted by molar-refractivity contribution is 6.31. The lowest BCUT2D eigenvalue weighted by Crippen LogP contribution is -2.34. The molecule has 134 valence electrons. The summed E-state index contributed by atoms with van der Waals surface area (Å²) in [6.07, 6.45) is -0.233. The molecule has 1 aromatic carbocycles. The van der Waals surface area contributed by atoms with Gasteiger partial charge >= 0.3 is 5.97 Å². The Balaban J connectivity index is 2.73. The van der Waals surface area contributed by atoms with Gasteiger partial charge in [-0.25, -0.2) is 0 Å². The van der Waals surface area contributed by atoms with Gasteiger partial charge < -0.3 is 19.5 Å². The average molecular weight is 358 g/mol. The Labute approximate surface area is 147 Å². The van der Waals surface area contributed by atoms with Crippen LogP contribution in [-0.4, -0.2) is 44.9 Å². The van der Waals surface area contributed by atoms with Gasteiger partial charge in [-0.3, -0.25) is 9.59 Å². The van der Waals surface area contributed by atoms with Gasteiger partial charge in [0.05, 0.1) is 31.8 Å². The average Bonchev–Trinajstić information content (AvgIpc) is 2.50. The number of hydrogen-bond donors (Lipinski definition) is 1. The molecule has 0 fully saturated rings. The molecule has 1 amide bonds. The second-order valence-electron chi connectivity index (χ2n) is 5.43.